The third kappa shape index (κ3) is 3.64. The van der Waals surface area contributed by atoms with E-state index in [0.717, 1.165) is 37.0 Å². The van der Waals surface area contributed by atoms with Crippen LogP contribution in [0.2, 0.25) is 0 Å². The van der Waals surface area contributed by atoms with Crippen LogP contribution in [-0.4, -0.2) is 37.7 Å². The van der Waals surface area contributed by atoms with E-state index in [-0.39, 0.29) is 22.3 Å². The molecule has 3 N–H and O–H groups in total. The Bertz CT molecular complexity index is 1290. The number of rotatable bonds is 4. The van der Waals surface area contributed by atoms with Crippen LogP contribution in [0.5, 0.6) is 0 Å². The first kappa shape index (κ1) is 20.7. The summed E-state index contributed by atoms with van der Waals surface area (Å²) in [6.07, 6.45) is 2.23. The highest BCUT2D eigenvalue weighted by molar-refractivity contribution is 7.91. The number of halogens is 1. The summed E-state index contributed by atoms with van der Waals surface area (Å²) in [5.74, 6) is 0. The van der Waals surface area contributed by atoms with Crippen LogP contribution in [0.15, 0.2) is 70.6 Å². The highest BCUT2D eigenvalue weighted by Gasteiger charge is 2.25. The fourth-order valence-electron chi connectivity index (χ4n) is 4.03. The normalized spacial score (nSPS) is 17.0. The molecule has 30 heavy (non-hydrogen) atoms. The van der Waals surface area contributed by atoms with Crippen molar-refractivity contribution in [3.63, 3.8) is 0 Å². The number of sulfone groups is 1. The Balaban J connectivity index is 0.00000218. The summed E-state index contributed by atoms with van der Waals surface area (Å²) < 4.78 is 27.0. The minimum Gasteiger partial charge on any atom is -0.381 e. The summed E-state index contributed by atoms with van der Waals surface area (Å²) >= 11 is 0. The van der Waals surface area contributed by atoms with Gasteiger partial charge in [0.15, 0.2) is 5.03 Å². The first-order valence-corrected chi connectivity index (χ1v) is 11.3. The van der Waals surface area contributed by atoms with E-state index in [4.69, 9.17) is 0 Å². The minimum absolute atomic E-state index is 0. The maximum absolute atomic E-state index is 13.5. The Morgan fingerprint density at radius 3 is 2.67 bits per heavy atom. The van der Waals surface area contributed by atoms with Gasteiger partial charge in [0, 0.05) is 29.0 Å². The quantitative estimate of drug-likeness (QED) is 0.442. The number of fused-ring (bicyclic) bond motifs is 2. The number of hydrogen-bond acceptors (Lipinski definition) is 5. The number of aromatic nitrogens is 2. The van der Waals surface area contributed by atoms with E-state index in [1.54, 1.807) is 12.1 Å². The molecule has 1 aromatic heterocycles. The SMILES string of the molecule is Cl.O=S(=O)(c1cccc2ccccc12)c1[nH]nc2ccc(NC3CCCNC3)cc12. The molecule has 0 saturated carbocycles. The number of aromatic amines is 1. The molecule has 1 unspecified atom stereocenters. The third-order valence-corrected chi connectivity index (χ3v) is 7.28. The molecule has 1 atom stereocenters. The van der Waals surface area contributed by atoms with Gasteiger partial charge in [-0.25, -0.2) is 8.42 Å². The van der Waals surface area contributed by atoms with Gasteiger partial charge in [0.25, 0.3) is 0 Å². The largest absolute Gasteiger partial charge is 0.381 e. The molecular formula is C22H23ClN4O2S. The topological polar surface area (TPSA) is 86.9 Å². The Morgan fingerprint density at radius 1 is 1.00 bits per heavy atom. The van der Waals surface area contributed by atoms with Crippen molar-refractivity contribution in [2.24, 2.45) is 0 Å². The Kier molecular flexibility index (Phi) is 5.69. The Labute approximate surface area is 181 Å². The van der Waals surface area contributed by atoms with Gasteiger partial charge in [0.2, 0.25) is 9.84 Å². The van der Waals surface area contributed by atoms with Crippen LogP contribution in [0.3, 0.4) is 0 Å². The number of H-pyrrole nitrogens is 1. The number of benzene rings is 3. The highest BCUT2D eigenvalue weighted by atomic mass is 35.5. The standard InChI is InChI=1S/C22H22N4O2S.ClH/c27-29(28,21-9-3-6-15-5-1-2-8-18(15)21)22-19-13-16(10-11-20(19)25-26-22)24-17-7-4-12-23-14-17;/h1-3,5-6,8-11,13,17,23-24H,4,7,12,14H2,(H,25,26);1H. The molecule has 3 aromatic carbocycles. The number of anilines is 1. The summed E-state index contributed by atoms with van der Waals surface area (Å²) in [4.78, 5) is 0.288. The third-order valence-electron chi connectivity index (χ3n) is 5.49. The van der Waals surface area contributed by atoms with Crippen LogP contribution in [0, 0.1) is 0 Å². The van der Waals surface area contributed by atoms with Crippen molar-refractivity contribution in [1.82, 2.24) is 15.5 Å². The highest BCUT2D eigenvalue weighted by Crippen LogP contribution is 2.32. The molecule has 4 aromatic rings. The van der Waals surface area contributed by atoms with Gasteiger partial charge in [-0.3, -0.25) is 5.10 Å². The molecule has 0 amide bonds. The molecule has 8 heteroatoms. The molecule has 1 saturated heterocycles. The second-order valence-electron chi connectivity index (χ2n) is 7.45. The van der Waals surface area contributed by atoms with Crippen molar-refractivity contribution in [3.05, 3.63) is 60.7 Å². The lowest BCUT2D eigenvalue weighted by Gasteiger charge is -2.24. The molecule has 0 radical (unpaired) electrons. The van der Waals surface area contributed by atoms with E-state index in [1.165, 1.54) is 0 Å². The maximum atomic E-state index is 13.5. The van der Waals surface area contributed by atoms with Crippen LogP contribution in [0.25, 0.3) is 21.7 Å². The first-order valence-electron chi connectivity index (χ1n) is 9.81. The average Bonchev–Trinajstić information content (AvgIpc) is 3.18. The van der Waals surface area contributed by atoms with Gasteiger partial charge in [-0.2, -0.15) is 5.10 Å². The van der Waals surface area contributed by atoms with Crippen LogP contribution >= 0.6 is 12.4 Å². The lowest BCUT2D eigenvalue weighted by Crippen LogP contribution is -2.38. The molecule has 2 heterocycles. The average molecular weight is 443 g/mol. The Morgan fingerprint density at radius 2 is 1.83 bits per heavy atom. The molecule has 0 bridgehead atoms. The molecule has 0 aliphatic carbocycles. The van der Waals surface area contributed by atoms with E-state index in [1.807, 2.05) is 48.5 Å². The van der Waals surface area contributed by atoms with Crippen LogP contribution in [0.1, 0.15) is 12.8 Å². The van der Waals surface area contributed by atoms with Crippen molar-refractivity contribution < 1.29 is 8.42 Å². The molecular weight excluding hydrogens is 420 g/mol. The maximum Gasteiger partial charge on any atom is 0.224 e. The van der Waals surface area contributed by atoms with Gasteiger partial charge < -0.3 is 10.6 Å². The minimum atomic E-state index is -3.76. The van der Waals surface area contributed by atoms with E-state index in [9.17, 15) is 8.42 Å². The van der Waals surface area contributed by atoms with E-state index < -0.39 is 9.84 Å². The zero-order chi connectivity index (χ0) is 19.8. The molecule has 1 fully saturated rings. The van der Waals surface area contributed by atoms with Crippen molar-refractivity contribution in [3.8, 4) is 0 Å². The molecule has 1 aliphatic rings. The van der Waals surface area contributed by atoms with Gasteiger partial charge in [-0.1, -0.05) is 36.4 Å². The van der Waals surface area contributed by atoms with Crippen molar-refractivity contribution in [2.45, 2.75) is 28.8 Å². The number of piperidine rings is 1. The first-order chi connectivity index (χ1) is 14.1. The lowest BCUT2D eigenvalue weighted by atomic mass is 10.1. The Hall–Kier alpha value is -2.61. The summed E-state index contributed by atoms with van der Waals surface area (Å²) in [7, 11) is -3.76. The lowest BCUT2D eigenvalue weighted by molar-refractivity contribution is 0.480. The van der Waals surface area contributed by atoms with Crippen LogP contribution < -0.4 is 10.6 Å². The predicted molar refractivity (Wildman–Crippen MR) is 122 cm³/mol. The summed E-state index contributed by atoms with van der Waals surface area (Å²) in [6, 6.07) is 18.9. The van der Waals surface area contributed by atoms with Gasteiger partial charge in [0.1, 0.15) is 0 Å². The summed E-state index contributed by atoms with van der Waals surface area (Å²) in [5.41, 5.74) is 1.54. The van der Waals surface area contributed by atoms with Crippen LogP contribution in [-0.2, 0) is 9.84 Å². The second-order valence-corrected chi connectivity index (χ2v) is 9.31. The molecule has 156 valence electrons. The molecule has 1 aliphatic heterocycles. The number of nitrogens with zero attached hydrogens (tertiary/aromatic N) is 1. The van der Waals surface area contributed by atoms with Gasteiger partial charge in [-0.05, 0) is 49.0 Å². The summed E-state index contributed by atoms with van der Waals surface area (Å²) in [5, 5.41) is 16.2. The van der Waals surface area contributed by atoms with Crippen molar-refractivity contribution in [1.29, 1.82) is 0 Å². The fourth-order valence-corrected chi connectivity index (χ4v) is 5.60. The van der Waals surface area contributed by atoms with E-state index >= 15 is 0 Å². The number of hydrogen-bond donors (Lipinski definition) is 3. The van der Waals surface area contributed by atoms with Crippen LogP contribution in [0.4, 0.5) is 5.69 Å². The molecule has 0 spiro atoms. The number of nitrogens with one attached hydrogen (secondary N) is 3. The predicted octanol–water partition coefficient (Wildman–Crippen LogP) is 4.13. The van der Waals surface area contributed by atoms with Crippen molar-refractivity contribution in [2.75, 3.05) is 18.4 Å². The zero-order valence-electron chi connectivity index (χ0n) is 16.3. The molecule has 6 nitrogen and oxygen atoms in total. The van der Waals surface area contributed by atoms with E-state index in [2.05, 4.69) is 20.8 Å². The summed E-state index contributed by atoms with van der Waals surface area (Å²) in [6.45, 7) is 1.96. The molecule has 5 rings (SSSR count). The van der Waals surface area contributed by atoms with Crippen molar-refractivity contribution >= 4 is 49.6 Å². The monoisotopic (exact) mass is 442 g/mol. The van der Waals surface area contributed by atoms with Gasteiger partial charge >= 0.3 is 0 Å². The second kappa shape index (κ2) is 8.26. The fraction of sp³-hybridized carbons (Fsp3) is 0.227. The van der Waals surface area contributed by atoms with Gasteiger partial charge in [-0.15, -0.1) is 12.4 Å². The van der Waals surface area contributed by atoms with Gasteiger partial charge in [0.05, 0.1) is 10.4 Å². The smallest absolute Gasteiger partial charge is 0.224 e. The van der Waals surface area contributed by atoms with E-state index in [0.29, 0.717) is 22.3 Å². The zero-order valence-corrected chi connectivity index (χ0v) is 17.9.